The lowest BCUT2D eigenvalue weighted by Crippen LogP contribution is -2.15. The van der Waals surface area contributed by atoms with Crippen LogP contribution in [0, 0.1) is 5.92 Å². The first-order valence-electron chi connectivity index (χ1n) is 4.77. The van der Waals surface area contributed by atoms with E-state index in [0.29, 0.717) is 12.8 Å². The van der Waals surface area contributed by atoms with E-state index in [1.54, 1.807) is 0 Å². The maximum atomic E-state index is 11.0. The van der Waals surface area contributed by atoms with Crippen LogP contribution in [0.2, 0.25) is 0 Å². The summed E-state index contributed by atoms with van der Waals surface area (Å²) in [7, 11) is 2.70. The van der Waals surface area contributed by atoms with Gasteiger partial charge in [0.2, 0.25) is 0 Å². The molecule has 0 atom stereocenters. The Balaban J connectivity index is 4.00. The molecular formula is C10H18O4. The smallest absolute Gasteiger partial charge is 0.305 e. The first kappa shape index (κ1) is 12.9. The second kappa shape index (κ2) is 7.35. The molecule has 82 valence electrons. The zero-order chi connectivity index (χ0) is 11.0. The Morgan fingerprint density at radius 1 is 1.07 bits per heavy atom. The molecule has 0 saturated heterocycles. The van der Waals surface area contributed by atoms with E-state index in [1.165, 1.54) is 14.2 Å². The number of carbonyl (C=O) groups excluding carboxylic acids is 2. The normalized spacial score (nSPS) is 10.0. The van der Waals surface area contributed by atoms with E-state index in [9.17, 15) is 9.59 Å². The maximum absolute atomic E-state index is 11.0. The monoisotopic (exact) mass is 202 g/mol. The summed E-state index contributed by atoms with van der Waals surface area (Å²) in [6, 6.07) is 0. The highest BCUT2D eigenvalue weighted by Gasteiger charge is 2.17. The van der Waals surface area contributed by atoms with E-state index < -0.39 is 0 Å². The lowest BCUT2D eigenvalue weighted by Gasteiger charge is -2.12. The van der Waals surface area contributed by atoms with Crippen molar-refractivity contribution in [3.8, 4) is 0 Å². The van der Waals surface area contributed by atoms with Gasteiger partial charge in [0, 0.05) is 12.8 Å². The van der Waals surface area contributed by atoms with Crippen LogP contribution in [0.4, 0.5) is 0 Å². The van der Waals surface area contributed by atoms with E-state index in [4.69, 9.17) is 0 Å². The van der Waals surface area contributed by atoms with E-state index >= 15 is 0 Å². The Morgan fingerprint density at radius 2 is 1.50 bits per heavy atom. The minimum atomic E-state index is -0.271. The fraction of sp³-hybridized carbons (Fsp3) is 0.800. The summed E-state index contributed by atoms with van der Waals surface area (Å²) in [5.74, 6) is -0.500. The molecule has 0 aliphatic heterocycles. The Kier molecular flexibility index (Phi) is 6.80. The van der Waals surface area contributed by atoms with Gasteiger partial charge in [0.05, 0.1) is 14.2 Å². The summed E-state index contributed by atoms with van der Waals surface area (Å²) in [5, 5.41) is 0. The number of methoxy groups -OCH3 is 2. The number of hydrogen-bond donors (Lipinski definition) is 0. The molecule has 4 nitrogen and oxygen atoms in total. The molecule has 0 rings (SSSR count). The van der Waals surface area contributed by atoms with Gasteiger partial charge < -0.3 is 9.47 Å². The zero-order valence-corrected chi connectivity index (χ0v) is 9.04. The summed E-state index contributed by atoms with van der Waals surface area (Å²) in [6.45, 7) is 2.02. The third-order valence-corrected chi connectivity index (χ3v) is 2.06. The molecule has 0 aromatic heterocycles. The molecule has 0 aliphatic rings. The van der Waals surface area contributed by atoms with Gasteiger partial charge in [0.25, 0.3) is 0 Å². The van der Waals surface area contributed by atoms with Gasteiger partial charge in [-0.3, -0.25) is 9.59 Å². The van der Waals surface area contributed by atoms with Gasteiger partial charge in [-0.05, 0) is 12.3 Å². The minimum absolute atomic E-state index is 0.0416. The van der Waals surface area contributed by atoms with Gasteiger partial charge in [-0.2, -0.15) is 0 Å². The zero-order valence-electron chi connectivity index (χ0n) is 9.04. The molecule has 0 heterocycles. The van der Waals surface area contributed by atoms with Gasteiger partial charge in [-0.1, -0.05) is 13.3 Å². The van der Waals surface area contributed by atoms with E-state index in [0.717, 1.165) is 12.8 Å². The molecule has 0 aliphatic carbocycles. The van der Waals surface area contributed by atoms with Gasteiger partial charge in [0.1, 0.15) is 0 Å². The SMILES string of the molecule is CCCC(CC(=O)OC)CC(=O)OC. The van der Waals surface area contributed by atoms with Crippen molar-refractivity contribution in [2.75, 3.05) is 14.2 Å². The molecule has 0 bridgehead atoms. The number of hydrogen-bond acceptors (Lipinski definition) is 4. The van der Waals surface area contributed by atoms with Crippen molar-refractivity contribution in [3.63, 3.8) is 0 Å². The van der Waals surface area contributed by atoms with Crippen molar-refractivity contribution < 1.29 is 19.1 Å². The predicted molar refractivity (Wildman–Crippen MR) is 51.7 cm³/mol. The molecule has 0 fully saturated rings. The number of esters is 2. The number of carbonyl (C=O) groups is 2. The molecule has 4 heteroatoms. The van der Waals surface area contributed by atoms with Crippen molar-refractivity contribution in [3.05, 3.63) is 0 Å². The van der Waals surface area contributed by atoms with E-state index in [2.05, 4.69) is 9.47 Å². The standard InChI is InChI=1S/C10H18O4/c1-4-5-8(6-9(11)13-2)7-10(12)14-3/h8H,4-7H2,1-3H3. The number of rotatable bonds is 6. The van der Waals surface area contributed by atoms with Gasteiger partial charge in [-0.25, -0.2) is 0 Å². The summed E-state index contributed by atoms with van der Waals surface area (Å²) >= 11 is 0. The fourth-order valence-electron chi connectivity index (χ4n) is 1.32. The molecule has 0 aromatic rings. The molecule has 0 saturated carbocycles. The molecule has 0 N–H and O–H groups in total. The fourth-order valence-corrected chi connectivity index (χ4v) is 1.32. The highest BCUT2D eigenvalue weighted by Crippen LogP contribution is 2.16. The predicted octanol–water partition coefficient (Wildman–Crippen LogP) is 1.53. The Labute approximate surface area is 84.6 Å². The minimum Gasteiger partial charge on any atom is -0.469 e. The summed E-state index contributed by atoms with van der Waals surface area (Å²) < 4.78 is 9.10. The largest absolute Gasteiger partial charge is 0.469 e. The van der Waals surface area contributed by atoms with Crippen LogP contribution in [0.5, 0.6) is 0 Å². The third kappa shape index (κ3) is 5.56. The average molecular weight is 202 g/mol. The molecule has 0 spiro atoms. The topological polar surface area (TPSA) is 52.6 Å². The Hall–Kier alpha value is -1.06. The van der Waals surface area contributed by atoms with Crippen LogP contribution in [0.3, 0.4) is 0 Å². The summed E-state index contributed by atoms with van der Waals surface area (Å²) in [6.07, 6.45) is 2.36. The van der Waals surface area contributed by atoms with Crippen LogP contribution < -0.4 is 0 Å². The van der Waals surface area contributed by atoms with Gasteiger partial charge >= 0.3 is 11.9 Å². The molecular weight excluding hydrogens is 184 g/mol. The van der Waals surface area contributed by atoms with Crippen molar-refractivity contribution in [2.45, 2.75) is 32.6 Å². The lowest BCUT2D eigenvalue weighted by atomic mass is 9.96. The van der Waals surface area contributed by atoms with Crippen LogP contribution in [-0.2, 0) is 19.1 Å². The van der Waals surface area contributed by atoms with Crippen LogP contribution in [-0.4, -0.2) is 26.2 Å². The quantitative estimate of drug-likeness (QED) is 0.613. The Morgan fingerprint density at radius 3 is 1.79 bits per heavy atom. The second-order valence-corrected chi connectivity index (χ2v) is 3.22. The third-order valence-electron chi connectivity index (χ3n) is 2.06. The van der Waals surface area contributed by atoms with Crippen LogP contribution >= 0.6 is 0 Å². The first-order chi connectivity index (χ1) is 6.63. The Bertz CT molecular complexity index is 171. The van der Waals surface area contributed by atoms with Crippen molar-refractivity contribution >= 4 is 11.9 Å². The summed E-state index contributed by atoms with van der Waals surface area (Å²) in [5.41, 5.74) is 0. The van der Waals surface area contributed by atoms with Crippen molar-refractivity contribution in [1.82, 2.24) is 0 Å². The first-order valence-corrected chi connectivity index (χ1v) is 4.77. The molecule has 0 unspecified atom stereocenters. The van der Waals surface area contributed by atoms with Crippen molar-refractivity contribution in [2.24, 2.45) is 5.92 Å². The number of ether oxygens (including phenoxy) is 2. The average Bonchev–Trinajstić information content (AvgIpc) is 2.17. The van der Waals surface area contributed by atoms with E-state index in [1.807, 2.05) is 6.92 Å². The molecule has 0 aromatic carbocycles. The highest BCUT2D eigenvalue weighted by molar-refractivity contribution is 5.73. The summed E-state index contributed by atoms with van der Waals surface area (Å²) in [4.78, 5) is 22.0. The van der Waals surface area contributed by atoms with Crippen molar-refractivity contribution in [1.29, 1.82) is 0 Å². The van der Waals surface area contributed by atoms with Crippen LogP contribution in [0.25, 0.3) is 0 Å². The highest BCUT2D eigenvalue weighted by atomic mass is 16.5. The van der Waals surface area contributed by atoms with Crippen LogP contribution in [0.15, 0.2) is 0 Å². The lowest BCUT2D eigenvalue weighted by molar-refractivity contribution is -0.144. The van der Waals surface area contributed by atoms with E-state index in [-0.39, 0.29) is 17.9 Å². The van der Waals surface area contributed by atoms with Gasteiger partial charge in [0.15, 0.2) is 0 Å². The molecule has 0 amide bonds. The second-order valence-electron chi connectivity index (χ2n) is 3.22. The molecule has 14 heavy (non-hydrogen) atoms. The maximum Gasteiger partial charge on any atom is 0.305 e. The van der Waals surface area contributed by atoms with Gasteiger partial charge in [-0.15, -0.1) is 0 Å². The molecule has 0 radical (unpaired) electrons. The van der Waals surface area contributed by atoms with Crippen LogP contribution in [0.1, 0.15) is 32.6 Å².